The highest BCUT2D eigenvalue weighted by Crippen LogP contribution is 2.61. The fourth-order valence-corrected chi connectivity index (χ4v) is 6.55. The van der Waals surface area contributed by atoms with Gasteiger partial charge in [-0.15, -0.1) is 0 Å². The molecule has 1 aliphatic rings. The summed E-state index contributed by atoms with van der Waals surface area (Å²) in [5.41, 5.74) is 3.09. The minimum Gasteiger partial charge on any atom is -0.360 e. The lowest BCUT2D eigenvalue weighted by Crippen LogP contribution is -2.42. The van der Waals surface area contributed by atoms with Gasteiger partial charge in [-0.2, -0.15) is 0 Å². The van der Waals surface area contributed by atoms with Crippen molar-refractivity contribution in [2.45, 2.75) is 17.2 Å². The number of nitrogens with zero attached hydrogens (tertiary/aromatic N) is 2. The molecule has 0 spiro atoms. The number of nitrogens with one attached hydrogen (secondary N) is 1. The SMILES string of the molecule is CN(Cc1ccccc1)C1=C([N+](=O)[O-])[C@@H](c2ccccc2)[C@@](C(=O)Nc2ccccc2)(c2ccccc2)S1. The maximum Gasteiger partial charge on any atom is 0.285 e. The molecule has 0 bridgehead atoms. The van der Waals surface area contributed by atoms with Crippen LogP contribution in [0.2, 0.25) is 0 Å². The van der Waals surface area contributed by atoms with Gasteiger partial charge < -0.3 is 10.2 Å². The molecule has 190 valence electrons. The molecule has 0 unspecified atom stereocenters. The predicted octanol–water partition coefficient (Wildman–Crippen LogP) is 6.63. The number of hydrogen-bond donors (Lipinski definition) is 1. The van der Waals surface area contributed by atoms with Gasteiger partial charge in [0.15, 0.2) is 0 Å². The van der Waals surface area contributed by atoms with Gasteiger partial charge in [-0.25, -0.2) is 0 Å². The predicted molar refractivity (Wildman–Crippen MR) is 152 cm³/mol. The van der Waals surface area contributed by atoms with Gasteiger partial charge in [-0.3, -0.25) is 14.9 Å². The lowest BCUT2D eigenvalue weighted by Gasteiger charge is -2.34. The van der Waals surface area contributed by atoms with E-state index >= 15 is 0 Å². The number of hydrogen-bond acceptors (Lipinski definition) is 5. The zero-order valence-electron chi connectivity index (χ0n) is 20.9. The number of thioether (sulfide) groups is 1. The van der Waals surface area contributed by atoms with E-state index in [2.05, 4.69) is 5.32 Å². The molecule has 38 heavy (non-hydrogen) atoms. The van der Waals surface area contributed by atoms with E-state index in [4.69, 9.17) is 0 Å². The van der Waals surface area contributed by atoms with Gasteiger partial charge in [0.25, 0.3) is 5.70 Å². The lowest BCUT2D eigenvalue weighted by molar-refractivity contribution is -0.431. The largest absolute Gasteiger partial charge is 0.360 e. The normalized spacial score (nSPS) is 18.7. The second-order valence-electron chi connectivity index (χ2n) is 9.16. The third kappa shape index (κ3) is 4.80. The molecular formula is C31H27N3O3S. The van der Waals surface area contributed by atoms with E-state index in [0.717, 1.165) is 5.56 Å². The molecule has 0 saturated carbocycles. The Labute approximate surface area is 226 Å². The average molecular weight is 522 g/mol. The summed E-state index contributed by atoms with van der Waals surface area (Å²) in [4.78, 5) is 28.8. The van der Waals surface area contributed by atoms with Crippen molar-refractivity contribution in [1.82, 2.24) is 4.90 Å². The Hall–Kier alpha value is -4.36. The van der Waals surface area contributed by atoms with Gasteiger partial charge in [0, 0.05) is 19.3 Å². The molecule has 0 radical (unpaired) electrons. The van der Waals surface area contributed by atoms with Crippen LogP contribution in [0.15, 0.2) is 132 Å². The maximum atomic E-state index is 14.4. The number of carbonyl (C=O) groups excluding carboxylic acids is 1. The first-order valence-corrected chi connectivity index (χ1v) is 13.1. The van der Waals surface area contributed by atoms with Gasteiger partial charge in [-0.05, 0) is 28.8 Å². The summed E-state index contributed by atoms with van der Waals surface area (Å²) < 4.78 is -1.32. The molecule has 0 fully saturated rings. The van der Waals surface area contributed by atoms with Crippen molar-refractivity contribution in [3.63, 3.8) is 0 Å². The Bertz CT molecular complexity index is 1450. The molecule has 1 heterocycles. The van der Waals surface area contributed by atoms with Crippen LogP contribution in [0, 0.1) is 10.1 Å². The maximum absolute atomic E-state index is 14.4. The van der Waals surface area contributed by atoms with E-state index in [9.17, 15) is 14.9 Å². The zero-order valence-corrected chi connectivity index (χ0v) is 21.7. The number of benzene rings is 4. The van der Waals surface area contributed by atoms with Crippen molar-refractivity contribution in [2.75, 3.05) is 12.4 Å². The second-order valence-corrected chi connectivity index (χ2v) is 10.4. The Balaban J connectivity index is 1.70. The highest BCUT2D eigenvalue weighted by molar-refractivity contribution is 8.05. The average Bonchev–Trinajstić information content (AvgIpc) is 3.33. The van der Waals surface area contributed by atoms with Crippen LogP contribution in [-0.4, -0.2) is 22.8 Å². The summed E-state index contributed by atoms with van der Waals surface area (Å²) in [7, 11) is 1.84. The molecule has 2 atom stereocenters. The van der Waals surface area contributed by atoms with Crippen LogP contribution in [0.1, 0.15) is 22.6 Å². The molecule has 7 heteroatoms. The van der Waals surface area contributed by atoms with E-state index in [1.165, 1.54) is 11.8 Å². The van der Waals surface area contributed by atoms with Gasteiger partial charge in [0.2, 0.25) is 5.91 Å². The van der Waals surface area contributed by atoms with E-state index in [0.29, 0.717) is 28.4 Å². The number of anilines is 1. The number of carbonyl (C=O) groups is 1. The monoisotopic (exact) mass is 521 g/mol. The highest BCUT2D eigenvalue weighted by Gasteiger charge is 2.61. The molecule has 0 aliphatic carbocycles. The molecular weight excluding hydrogens is 494 g/mol. The van der Waals surface area contributed by atoms with E-state index in [1.807, 2.05) is 133 Å². The molecule has 5 rings (SSSR count). The molecule has 1 amide bonds. The Morgan fingerprint density at radius 3 is 1.97 bits per heavy atom. The fourth-order valence-electron chi connectivity index (χ4n) is 4.97. The first-order valence-electron chi connectivity index (χ1n) is 12.3. The standard InChI is InChI=1S/C31H27N3O3S/c1-33(22-23-14-6-2-7-15-23)29-28(34(36)37)27(24-16-8-3-9-17-24)31(38-29,25-18-10-4-11-19-25)30(35)32-26-20-12-5-13-21-26/h2-21,27H,22H2,1H3,(H,32,35)/t27-,31-/m1/s1. The minimum atomic E-state index is -1.32. The third-order valence-corrected chi connectivity index (χ3v) is 8.36. The quantitative estimate of drug-likeness (QED) is 0.208. The van der Waals surface area contributed by atoms with Crippen LogP contribution >= 0.6 is 11.8 Å². The van der Waals surface area contributed by atoms with Gasteiger partial charge in [0.1, 0.15) is 15.7 Å². The topological polar surface area (TPSA) is 75.5 Å². The van der Waals surface area contributed by atoms with Crippen molar-refractivity contribution >= 4 is 23.4 Å². The third-order valence-electron chi connectivity index (χ3n) is 6.67. The first-order chi connectivity index (χ1) is 18.5. The van der Waals surface area contributed by atoms with Gasteiger partial charge in [0.05, 0.1) is 4.92 Å². The first kappa shape index (κ1) is 25.3. The molecule has 0 saturated heterocycles. The van der Waals surface area contributed by atoms with Gasteiger partial charge in [-0.1, -0.05) is 121 Å². The number of nitro groups is 1. The van der Waals surface area contributed by atoms with Crippen molar-refractivity contribution in [3.05, 3.63) is 159 Å². The molecule has 4 aromatic carbocycles. The summed E-state index contributed by atoms with van der Waals surface area (Å²) >= 11 is 1.26. The molecule has 4 aromatic rings. The molecule has 6 nitrogen and oxygen atoms in total. The number of rotatable bonds is 8. The van der Waals surface area contributed by atoms with E-state index in [-0.39, 0.29) is 16.5 Å². The number of para-hydroxylation sites is 1. The summed E-state index contributed by atoms with van der Waals surface area (Å²) in [6, 6.07) is 37.7. The van der Waals surface area contributed by atoms with Crippen LogP contribution in [0.5, 0.6) is 0 Å². The van der Waals surface area contributed by atoms with E-state index in [1.54, 1.807) is 0 Å². The summed E-state index contributed by atoms with van der Waals surface area (Å²) in [5.74, 6) is -1.14. The zero-order chi connectivity index (χ0) is 26.5. The van der Waals surface area contributed by atoms with Crippen LogP contribution in [-0.2, 0) is 16.1 Å². The van der Waals surface area contributed by atoms with E-state index < -0.39 is 10.7 Å². The summed E-state index contributed by atoms with van der Waals surface area (Å²) in [6.07, 6.45) is 0. The number of allylic oxidation sites excluding steroid dienone is 1. The summed E-state index contributed by atoms with van der Waals surface area (Å²) in [6.45, 7) is 0.465. The van der Waals surface area contributed by atoms with Crippen molar-refractivity contribution in [2.24, 2.45) is 0 Å². The minimum absolute atomic E-state index is 0.0201. The fraction of sp³-hybridized carbons (Fsp3) is 0.129. The van der Waals surface area contributed by atoms with Crippen molar-refractivity contribution in [1.29, 1.82) is 0 Å². The summed E-state index contributed by atoms with van der Waals surface area (Å²) in [5, 5.41) is 16.4. The number of amides is 1. The Morgan fingerprint density at radius 2 is 1.39 bits per heavy atom. The van der Waals surface area contributed by atoms with Crippen LogP contribution in [0.3, 0.4) is 0 Å². The Kier molecular flexibility index (Phi) is 7.29. The smallest absolute Gasteiger partial charge is 0.285 e. The van der Waals surface area contributed by atoms with Crippen LogP contribution in [0.4, 0.5) is 5.69 Å². The van der Waals surface area contributed by atoms with Crippen LogP contribution in [0.25, 0.3) is 0 Å². The van der Waals surface area contributed by atoms with Gasteiger partial charge >= 0.3 is 0 Å². The molecule has 1 aliphatic heterocycles. The molecule has 1 N–H and O–H groups in total. The van der Waals surface area contributed by atoms with Crippen molar-refractivity contribution < 1.29 is 9.72 Å². The van der Waals surface area contributed by atoms with Crippen molar-refractivity contribution in [3.8, 4) is 0 Å². The van der Waals surface area contributed by atoms with Crippen LogP contribution < -0.4 is 5.32 Å². The molecule has 0 aromatic heterocycles. The lowest BCUT2D eigenvalue weighted by atomic mass is 9.78. The highest BCUT2D eigenvalue weighted by atomic mass is 32.2. The second kappa shape index (κ2) is 10.9. The Morgan fingerprint density at radius 1 is 0.868 bits per heavy atom.